The molecule has 3 rings (SSSR count). The van der Waals surface area contributed by atoms with E-state index in [1.165, 1.54) is 0 Å². The van der Waals surface area contributed by atoms with Crippen LogP contribution < -0.4 is 5.43 Å². The van der Waals surface area contributed by atoms with E-state index in [1.807, 2.05) is 31.2 Å². The number of hydrogen-bond donors (Lipinski definition) is 1. The van der Waals surface area contributed by atoms with Gasteiger partial charge in [-0.1, -0.05) is 29.8 Å². The molecule has 0 amide bonds. The van der Waals surface area contributed by atoms with Crippen molar-refractivity contribution >= 4 is 5.97 Å². The predicted octanol–water partition coefficient (Wildman–Crippen LogP) is 2.27. The standard InChI is InChI=1S/C17H18N2O4/c1-11-2-4-12(5-3-11)14-10-19(13-6-8-23-9-7-13)18-15(16(14)20)17(21)22/h2-5,10,13H,6-9H2,1H3,(H,21,22). The molecule has 6 heteroatoms. The van der Waals surface area contributed by atoms with Crippen molar-refractivity contribution in [2.45, 2.75) is 25.8 Å². The first kappa shape index (κ1) is 15.4. The molecule has 6 nitrogen and oxygen atoms in total. The lowest BCUT2D eigenvalue weighted by Gasteiger charge is -2.24. The van der Waals surface area contributed by atoms with E-state index in [-0.39, 0.29) is 6.04 Å². The Kier molecular flexibility index (Phi) is 4.25. The van der Waals surface area contributed by atoms with Crippen molar-refractivity contribution in [2.24, 2.45) is 0 Å². The summed E-state index contributed by atoms with van der Waals surface area (Å²) in [6, 6.07) is 7.49. The molecule has 23 heavy (non-hydrogen) atoms. The van der Waals surface area contributed by atoms with E-state index in [2.05, 4.69) is 5.10 Å². The second-order valence-electron chi connectivity index (χ2n) is 5.72. The molecule has 0 aliphatic carbocycles. The molecule has 1 aromatic carbocycles. The van der Waals surface area contributed by atoms with Crippen LogP contribution in [-0.2, 0) is 4.74 Å². The van der Waals surface area contributed by atoms with Crippen LogP contribution in [0.1, 0.15) is 34.9 Å². The molecular formula is C17H18N2O4. The Hall–Kier alpha value is -2.47. The van der Waals surface area contributed by atoms with Crippen molar-refractivity contribution in [1.82, 2.24) is 9.78 Å². The normalized spacial score (nSPS) is 15.5. The number of aryl methyl sites for hydroxylation is 1. The Labute approximate surface area is 133 Å². The summed E-state index contributed by atoms with van der Waals surface area (Å²) in [6.45, 7) is 3.18. The van der Waals surface area contributed by atoms with Crippen LogP contribution >= 0.6 is 0 Å². The van der Waals surface area contributed by atoms with Crippen LogP contribution in [-0.4, -0.2) is 34.1 Å². The molecule has 1 aromatic heterocycles. The molecule has 1 N–H and O–H groups in total. The molecule has 1 aliphatic rings. The number of carbonyl (C=O) groups is 1. The van der Waals surface area contributed by atoms with Crippen molar-refractivity contribution in [3.8, 4) is 11.1 Å². The van der Waals surface area contributed by atoms with Gasteiger partial charge in [0.2, 0.25) is 11.1 Å². The molecule has 0 unspecified atom stereocenters. The molecule has 120 valence electrons. The van der Waals surface area contributed by atoms with E-state index in [1.54, 1.807) is 10.9 Å². The van der Waals surface area contributed by atoms with E-state index in [4.69, 9.17) is 4.74 Å². The minimum absolute atomic E-state index is 0.0478. The number of ether oxygens (including phenoxy) is 1. The third-order valence-corrected chi connectivity index (χ3v) is 4.07. The van der Waals surface area contributed by atoms with Gasteiger partial charge in [0.1, 0.15) is 0 Å². The van der Waals surface area contributed by atoms with Crippen LogP contribution in [0, 0.1) is 6.92 Å². The summed E-state index contributed by atoms with van der Waals surface area (Å²) in [5, 5.41) is 13.4. The maximum absolute atomic E-state index is 12.4. The first-order valence-electron chi connectivity index (χ1n) is 7.58. The average Bonchev–Trinajstić information content (AvgIpc) is 2.56. The van der Waals surface area contributed by atoms with Crippen molar-refractivity contribution in [3.63, 3.8) is 0 Å². The molecule has 1 aliphatic heterocycles. The summed E-state index contributed by atoms with van der Waals surface area (Å²) in [7, 11) is 0. The fourth-order valence-corrected chi connectivity index (χ4v) is 2.72. The molecule has 0 saturated carbocycles. The third-order valence-electron chi connectivity index (χ3n) is 4.07. The second-order valence-corrected chi connectivity index (χ2v) is 5.72. The fraction of sp³-hybridized carbons (Fsp3) is 0.353. The smallest absolute Gasteiger partial charge is 0.360 e. The average molecular weight is 314 g/mol. The van der Waals surface area contributed by atoms with E-state index >= 15 is 0 Å². The first-order valence-corrected chi connectivity index (χ1v) is 7.58. The largest absolute Gasteiger partial charge is 0.476 e. The topological polar surface area (TPSA) is 81.4 Å². The van der Waals surface area contributed by atoms with Crippen LogP contribution in [0.3, 0.4) is 0 Å². The highest BCUT2D eigenvalue weighted by Gasteiger charge is 2.22. The molecule has 0 spiro atoms. The molecule has 0 bridgehead atoms. The summed E-state index contributed by atoms with van der Waals surface area (Å²) in [5.74, 6) is -1.30. The lowest BCUT2D eigenvalue weighted by molar-refractivity contribution is 0.0632. The van der Waals surface area contributed by atoms with Gasteiger partial charge in [-0.3, -0.25) is 9.48 Å². The van der Waals surface area contributed by atoms with Gasteiger partial charge < -0.3 is 9.84 Å². The number of rotatable bonds is 3. The zero-order valence-electron chi connectivity index (χ0n) is 12.9. The molecule has 1 saturated heterocycles. The SMILES string of the molecule is Cc1ccc(-c2cn(C3CCOCC3)nc(C(=O)O)c2=O)cc1. The van der Waals surface area contributed by atoms with Gasteiger partial charge in [0, 0.05) is 25.0 Å². The first-order chi connectivity index (χ1) is 11.1. The Morgan fingerprint density at radius 3 is 2.52 bits per heavy atom. The van der Waals surface area contributed by atoms with Gasteiger partial charge in [-0.05, 0) is 25.3 Å². The third kappa shape index (κ3) is 3.17. The lowest BCUT2D eigenvalue weighted by Crippen LogP contribution is -2.28. The maximum atomic E-state index is 12.4. The minimum atomic E-state index is -1.30. The second kappa shape index (κ2) is 6.34. The Morgan fingerprint density at radius 2 is 1.91 bits per heavy atom. The molecular weight excluding hydrogens is 296 g/mol. The molecule has 2 heterocycles. The van der Waals surface area contributed by atoms with Gasteiger partial charge in [0.15, 0.2) is 0 Å². The number of aromatic nitrogens is 2. The summed E-state index contributed by atoms with van der Waals surface area (Å²) in [4.78, 5) is 23.8. The summed E-state index contributed by atoms with van der Waals surface area (Å²) >= 11 is 0. The number of carboxylic acid groups (broad SMARTS) is 1. The minimum Gasteiger partial charge on any atom is -0.476 e. The van der Waals surface area contributed by atoms with Crippen molar-refractivity contribution in [1.29, 1.82) is 0 Å². The zero-order chi connectivity index (χ0) is 16.4. The van der Waals surface area contributed by atoms with Crippen LogP contribution in [0.25, 0.3) is 11.1 Å². The summed E-state index contributed by atoms with van der Waals surface area (Å²) < 4.78 is 6.95. The number of carboxylic acids is 1. The van der Waals surface area contributed by atoms with Gasteiger partial charge in [0.25, 0.3) is 0 Å². The van der Waals surface area contributed by atoms with Crippen LogP contribution in [0.2, 0.25) is 0 Å². The van der Waals surface area contributed by atoms with E-state index in [9.17, 15) is 14.7 Å². The Balaban J connectivity index is 2.13. The lowest BCUT2D eigenvalue weighted by atomic mass is 10.0. The molecule has 2 aromatic rings. The van der Waals surface area contributed by atoms with Crippen molar-refractivity contribution in [2.75, 3.05) is 13.2 Å². The van der Waals surface area contributed by atoms with E-state index in [0.29, 0.717) is 24.3 Å². The van der Waals surface area contributed by atoms with Gasteiger partial charge in [-0.25, -0.2) is 4.79 Å². The Morgan fingerprint density at radius 1 is 1.26 bits per heavy atom. The monoisotopic (exact) mass is 314 g/mol. The molecule has 0 atom stereocenters. The summed E-state index contributed by atoms with van der Waals surface area (Å²) in [5.41, 5.74) is 1.15. The van der Waals surface area contributed by atoms with Crippen molar-refractivity contribution < 1.29 is 14.6 Å². The zero-order valence-corrected chi connectivity index (χ0v) is 12.9. The predicted molar refractivity (Wildman–Crippen MR) is 84.7 cm³/mol. The maximum Gasteiger partial charge on any atom is 0.360 e. The quantitative estimate of drug-likeness (QED) is 0.940. The number of nitrogens with zero attached hydrogens (tertiary/aromatic N) is 2. The van der Waals surface area contributed by atoms with Crippen LogP contribution in [0.4, 0.5) is 0 Å². The number of aromatic carboxylic acids is 1. The van der Waals surface area contributed by atoms with Gasteiger partial charge in [-0.2, -0.15) is 5.10 Å². The number of hydrogen-bond acceptors (Lipinski definition) is 4. The van der Waals surface area contributed by atoms with Crippen LogP contribution in [0.5, 0.6) is 0 Å². The van der Waals surface area contributed by atoms with E-state index < -0.39 is 17.1 Å². The van der Waals surface area contributed by atoms with Gasteiger partial charge >= 0.3 is 5.97 Å². The van der Waals surface area contributed by atoms with Gasteiger partial charge in [-0.15, -0.1) is 0 Å². The molecule has 1 fully saturated rings. The highest BCUT2D eigenvalue weighted by Crippen LogP contribution is 2.22. The van der Waals surface area contributed by atoms with Gasteiger partial charge in [0.05, 0.1) is 6.04 Å². The Bertz CT molecular complexity index is 774. The fourth-order valence-electron chi connectivity index (χ4n) is 2.72. The van der Waals surface area contributed by atoms with E-state index in [0.717, 1.165) is 18.4 Å². The molecule has 0 radical (unpaired) electrons. The number of benzene rings is 1. The van der Waals surface area contributed by atoms with Crippen LogP contribution in [0.15, 0.2) is 35.3 Å². The van der Waals surface area contributed by atoms with Crippen molar-refractivity contribution in [3.05, 3.63) is 51.9 Å². The highest BCUT2D eigenvalue weighted by atomic mass is 16.5. The highest BCUT2D eigenvalue weighted by molar-refractivity contribution is 5.86. The summed E-state index contributed by atoms with van der Waals surface area (Å²) in [6.07, 6.45) is 3.17.